The van der Waals surface area contributed by atoms with Crippen molar-refractivity contribution in [2.24, 2.45) is 0 Å². The van der Waals surface area contributed by atoms with Gasteiger partial charge < -0.3 is 14.6 Å². The maximum atomic E-state index is 12.8. The lowest BCUT2D eigenvalue weighted by Crippen LogP contribution is -2.29. The number of cyclic esters (lactones) is 1. The monoisotopic (exact) mass is 263 g/mol. The van der Waals surface area contributed by atoms with Gasteiger partial charge in [-0.25, -0.2) is 9.18 Å². The van der Waals surface area contributed by atoms with Gasteiger partial charge >= 0.3 is 6.09 Å². The maximum Gasteiger partial charge on any atom is 0.408 e. The van der Waals surface area contributed by atoms with E-state index in [0.29, 0.717) is 11.4 Å². The molecule has 1 fully saturated rings. The van der Waals surface area contributed by atoms with Crippen LogP contribution in [-0.2, 0) is 4.74 Å². The zero-order valence-corrected chi connectivity index (χ0v) is 9.75. The van der Waals surface area contributed by atoms with Gasteiger partial charge in [-0.1, -0.05) is 29.4 Å². The summed E-state index contributed by atoms with van der Waals surface area (Å²) >= 11 is 0. The van der Waals surface area contributed by atoms with Crippen molar-refractivity contribution in [3.05, 3.63) is 36.2 Å². The Labute approximate surface area is 107 Å². The first-order chi connectivity index (χ1) is 9.28. The largest absolute Gasteiger partial charge is 0.439 e. The number of alkyl carbamates (subject to hydrolysis) is 1. The van der Waals surface area contributed by atoms with Crippen LogP contribution in [0.3, 0.4) is 0 Å². The van der Waals surface area contributed by atoms with Gasteiger partial charge in [-0.15, -0.1) is 0 Å². The number of alkyl halides is 1. The number of hydrogen-bond donors (Lipinski definition) is 1. The molecule has 19 heavy (non-hydrogen) atoms. The zero-order chi connectivity index (χ0) is 13.2. The van der Waals surface area contributed by atoms with Gasteiger partial charge in [0.05, 0.1) is 0 Å². The Morgan fingerprint density at radius 3 is 2.74 bits per heavy atom. The van der Waals surface area contributed by atoms with E-state index in [1.807, 2.05) is 0 Å². The van der Waals surface area contributed by atoms with Crippen LogP contribution in [-0.4, -0.2) is 29.0 Å². The molecule has 2 atom stereocenters. The predicted molar refractivity (Wildman–Crippen MR) is 61.9 cm³/mol. The van der Waals surface area contributed by atoms with Crippen LogP contribution >= 0.6 is 0 Å². The highest BCUT2D eigenvalue weighted by Gasteiger charge is 2.35. The molecule has 6 nitrogen and oxygen atoms in total. The van der Waals surface area contributed by atoms with Crippen molar-refractivity contribution in [2.45, 2.75) is 12.1 Å². The van der Waals surface area contributed by atoms with E-state index in [1.54, 1.807) is 24.3 Å². The highest BCUT2D eigenvalue weighted by molar-refractivity contribution is 5.70. The molecule has 1 saturated heterocycles. The Morgan fingerprint density at radius 2 is 2.11 bits per heavy atom. The molecule has 7 heteroatoms. The van der Waals surface area contributed by atoms with Crippen molar-refractivity contribution in [1.29, 1.82) is 0 Å². The zero-order valence-electron chi connectivity index (χ0n) is 9.75. The Morgan fingerprint density at radius 1 is 1.32 bits per heavy atom. The van der Waals surface area contributed by atoms with E-state index in [9.17, 15) is 9.18 Å². The predicted octanol–water partition coefficient (Wildman–Crippen LogP) is 1.86. The fraction of sp³-hybridized carbons (Fsp3) is 0.250. The summed E-state index contributed by atoms with van der Waals surface area (Å²) in [5.74, 6) is 0.468. The van der Waals surface area contributed by atoms with E-state index in [4.69, 9.17) is 4.74 Å². The fourth-order valence-electron chi connectivity index (χ4n) is 2.00. The Bertz CT molecular complexity index is 570. The number of nitrogens with one attached hydrogen (secondary N) is 1. The highest BCUT2D eigenvalue weighted by Crippen LogP contribution is 2.28. The molecule has 0 aliphatic carbocycles. The second-order valence-corrected chi connectivity index (χ2v) is 4.11. The van der Waals surface area contributed by atoms with E-state index < -0.39 is 24.9 Å². The maximum absolute atomic E-state index is 12.8. The van der Waals surface area contributed by atoms with Gasteiger partial charge in [0.15, 0.2) is 6.10 Å². The summed E-state index contributed by atoms with van der Waals surface area (Å²) in [5, 5.41) is 6.13. The van der Waals surface area contributed by atoms with Crippen LogP contribution in [0.4, 0.5) is 9.18 Å². The van der Waals surface area contributed by atoms with Crippen LogP contribution in [0.1, 0.15) is 11.7 Å². The lowest BCUT2D eigenvalue weighted by molar-refractivity contribution is 0.128. The van der Waals surface area contributed by atoms with Crippen molar-refractivity contribution >= 4 is 6.09 Å². The van der Waals surface area contributed by atoms with Crippen LogP contribution in [0, 0.1) is 0 Å². The van der Waals surface area contributed by atoms with Crippen molar-refractivity contribution in [1.82, 2.24) is 15.5 Å². The minimum Gasteiger partial charge on any atom is -0.439 e. The van der Waals surface area contributed by atoms with E-state index in [2.05, 4.69) is 20.0 Å². The molecule has 1 aliphatic rings. The molecule has 0 radical (unpaired) electrons. The highest BCUT2D eigenvalue weighted by atomic mass is 19.1. The number of hydrogen-bond acceptors (Lipinski definition) is 5. The minimum absolute atomic E-state index is 0.468. The number of nitrogens with zero attached hydrogens (tertiary/aromatic N) is 2. The second kappa shape index (κ2) is 4.68. The molecule has 0 spiro atoms. The number of amides is 1. The van der Waals surface area contributed by atoms with Gasteiger partial charge in [0.2, 0.25) is 12.2 Å². The summed E-state index contributed by atoms with van der Waals surface area (Å²) in [4.78, 5) is 15.0. The Kier molecular flexibility index (Phi) is 2.86. The van der Waals surface area contributed by atoms with Crippen molar-refractivity contribution in [3.63, 3.8) is 0 Å². The van der Waals surface area contributed by atoms with E-state index in [-0.39, 0.29) is 0 Å². The summed E-state index contributed by atoms with van der Waals surface area (Å²) < 4.78 is 22.5. The van der Waals surface area contributed by atoms with E-state index >= 15 is 0 Å². The number of halogens is 1. The average molecular weight is 263 g/mol. The number of aromatic nitrogens is 2. The molecule has 2 unspecified atom stereocenters. The molecule has 1 aromatic carbocycles. The molecule has 1 aliphatic heterocycles. The van der Waals surface area contributed by atoms with Crippen LogP contribution in [0.5, 0.6) is 0 Å². The minimum atomic E-state index is -0.678. The average Bonchev–Trinajstić information content (AvgIpc) is 3.08. The quantitative estimate of drug-likeness (QED) is 0.914. The van der Waals surface area contributed by atoms with E-state index in [0.717, 1.165) is 5.56 Å². The molecule has 1 aromatic heterocycles. The first-order valence-corrected chi connectivity index (χ1v) is 5.68. The molecule has 2 aromatic rings. The number of rotatable bonds is 3. The standard InChI is InChI=1S/C12H10FN3O3/c13-5-9-10(19-12(17)15-9)7-1-3-8(4-2-7)11-14-6-18-16-11/h1-4,6,9-10H,5H2,(H,15,17). The summed E-state index contributed by atoms with van der Waals surface area (Å²) in [6, 6.07) is 6.38. The van der Waals surface area contributed by atoms with Crippen molar-refractivity contribution in [3.8, 4) is 11.4 Å². The van der Waals surface area contributed by atoms with Gasteiger partial charge in [-0.2, -0.15) is 4.98 Å². The van der Waals surface area contributed by atoms with Crippen LogP contribution in [0.25, 0.3) is 11.4 Å². The number of carbonyl (C=O) groups excluding carboxylic acids is 1. The fourth-order valence-corrected chi connectivity index (χ4v) is 2.00. The lowest BCUT2D eigenvalue weighted by Gasteiger charge is -2.14. The number of carbonyl (C=O) groups is 1. The molecule has 2 heterocycles. The normalized spacial score (nSPS) is 22.1. The van der Waals surface area contributed by atoms with Crippen molar-refractivity contribution < 1.29 is 18.4 Å². The van der Waals surface area contributed by atoms with Crippen LogP contribution < -0.4 is 5.32 Å². The number of ether oxygens (including phenoxy) is 1. The van der Waals surface area contributed by atoms with Crippen molar-refractivity contribution in [2.75, 3.05) is 6.67 Å². The van der Waals surface area contributed by atoms with Gasteiger partial charge in [-0.3, -0.25) is 0 Å². The topological polar surface area (TPSA) is 77.3 Å². The summed E-state index contributed by atoms with van der Waals surface area (Å²) in [7, 11) is 0. The van der Waals surface area contributed by atoms with Gasteiger partial charge in [-0.05, 0) is 5.56 Å². The van der Waals surface area contributed by atoms with Crippen LogP contribution in [0.2, 0.25) is 0 Å². The molecular formula is C12H10FN3O3. The van der Waals surface area contributed by atoms with Gasteiger partial charge in [0.25, 0.3) is 0 Å². The third-order valence-electron chi connectivity index (χ3n) is 2.93. The number of benzene rings is 1. The molecule has 0 bridgehead atoms. The molecule has 0 saturated carbocycles. The lowest BCUT2D eigenvalue weighted by atomic mass is 10.0. The molecule has 1 amide bonds. The summed E-state index contributed by atoms with van der Waals surface area (Å²) in [5.41, 5.74) is 1.49. The first kappa shape index (κ1) is 11.6. The molecule has 98 valence electrons. The Balaban J connectivity index is 1.84. The molecule has 1 N–H and O–H groups in total. The van der Waals surface area contributed by atoms with E-state index in [1.165, 1.54) is 6.39 Å². The molecule has 3 rings (SSSR count). The Hall–Kier alpha value is -2.44. The first-order valence-electron chi connectivity index (χ1n) is 5.68. The van der Waals surface area contributed by atoms with Gasteiger partial charge in [0, 0.05) is 5.56 Å². The SMILES string of the molecule is O=C1NC(CF)C(c2ccc(-c3ncon3)cc2)O1. The summed E-state index contributed by atoms with van der Waals surface area (Å²) in [6.45, 7) is -0.678. The van der Waals surface area contributed by atoms with Gasteiger partial charge in [0.1, 0.15) is 12.7 Å². The smallest absolute Gasteiger partial charge is 0.408 e. The summed E-state index contributed by atoms with van der Waals surface area (Å²) in [6.07, 6.45) is 0.0251. The third kappa shape index (κ3) is 2.14. The third-order valence-corrected chi connectivity index (χ3v) is 2.93. The molecular weight excluding hydrogens is 253 g/mol. The second-order valence-electron chi connectivity index (χ2n) is 4.11. The van der Waals surface area contributed by atoms with Crippen LogP contribution in [0.15, 0.2) is 35.2 Å².